The van der Waals surface area contributed by atoms with Crippen LogP contribution in [0.1, 0.15) is 40.5 Å². The Morgan fingerprint density at radius 3 is 2.40 bits per heavy atom. The number of nitrogens with two attached hydrogens (primary N) is 1. The molecule has 20 heavy (non-hydrogen) atoms. The Morgan fingerprint density at radius 2 is 1.90 bits per heavy atom. The van der Waals surface area contributed by atoms with Crippen molar-refractivity contribution >= 4 is 18.0 Å². The fourth-order valence-corrected chi connectivity index (χ4v) is 1.86. The van der Waals surface area contributed by atoms with Gasteiger partial charge in [0.1, 0.15) is 11.6 Å². The molecule has 2 atom stereocenters. The summed E-state index contributed by atoms with van der Waals surface area (Å²) in [7, 11) is 0. The smallest absolute Gasteiger partial charge is 0.411 e. The number of amides is 2. The standard InChI is InChI=1S/C13H22N2O5/c1-8(10(14)16)19-11(17)9-6-5-7-15(9)12(18)20-13(2,3)4/h8-9H,5-7H2,1-4H3,(H2,14,16)/t8-,9+/m1/s1. The monoisotopic (exact) mass is 286 g/mol. The molecule has 0 spiro atoms. The summed E-state index contributed by atoms with van der Waals surface area (Å²) in [4.78, 5) is 36.2. The molecule has 0 unspecified atom stereocenters. The highest BCUT2D eigenvalue weighted by Crippen LogP contribution is 2.22. The molecule has 2 amide bonds. The number of carbonyl (C=O) groups excluding carboxylic acids is 3. The van der Waals surface area contributed by atoms with Crippen LogP contribution in [0.25, 0.3) is 0 Å². The predicted molar refractivity (Wildman–Crippen MR) is 70.7 cm³/mol. The van der Waals surface area contributed by atoms with E-state index in [-0.39, 0.29) is 0 Å². The number of rotatable bonds is 3. The summed E-state index contributed by atoms with van der Waals surface area (Å²) in [5.74, 6) is -1.35. The summed E-state index contributed by atoms with van der Waals surface area (Å²) < 4.78 is 10.2. The molecule has 2 N–H and O–H groups in total. The van der Waals surface area contributed by atoms with Gasteiger partial charge in [0.25, 0.3) is 5.91 Å². The molecule has 1 heterocycles. The van der Waals surface area contributed by atoms with Gasteiger partial charge in [-0.05, 0) is 40.5 Å². The molecule has 0 aliphatic carbocycles. The maximum absolute atomic E-state index is 12.0. The number of likely N-dealkylation sites (tertiary alicyclic amines) is 1. The van der Waals surface area contributed by atoms with E-state index in [4.69, 9.17) is 15.2 Å². The van der Waals surface area contributed by atoms with Gasteiger partial charge in [0.05, 0.1) is 0 Å². The van der Waals surface area contributed by atoms with Crippen LogP contribution in [0.5, 0.6) is 0 Å². The van der Waals surface area contributed by atoms with Crippen molar-refractivity contribution in [1.29, 1.82) is 0 Å². The maximum atomic E-state index is 12.0. The van der Waals surface area contributed by atoms with Crippen molar-refractivity contribution in [2.24, 2.45) is 5.73 Å². The highest BCUT2D eigenvalue weighted by atomic mass is 16.6. The summed E-state index contributed by atoms with van der Waals surface area (Å²) >= 11 is 0. The van der Waals surface area contributed by atoms with Crippen molar-refractivity contribution in [3.05, 3.63) is 0 Å². The number of hydrogen-bond acceptors (Lipinski definition) is 5. The van der Waals surface area contributed by atoms with Crippen LogP contribution < -0.4 is 5.73 Å². The number of carbonyl (C=O) groups is 3. The van der Waals surface area contributed by atoms with E-state index in [0.29, 0.717) is 19.4 Å². The molecule has 7 heteroatoms. The van der Waals surface area contributed by atoms with Crippen molar-refractivity contribution in [3.63, 3.8) is 0 Å². The van der Waals surface area contributed by atoms with Crippen molar-refractivity contribution < 1.29 is 23.9 Å². The molecule has 1 aliphatic heterocycles. The third-order valence-electron chi connectivity index (χ3n) is 2.85. The molecule has 7 nitrogen and oxygen atoms in total. The highest BCUT2D eigenvalue weighted by molar-refractivity contribution is 5.86. The third kappa shape index (κ3) is 4.40. The lowest BCUT2D eigenvalue weighted by molar-refractivity contribution is -0.158. The van der Waals surface area contributed by atoms with Crippen LogP contribution in [0.3, 0.4) is 0 Å². The molecule has 1 aliphatic rings. The zero-order valence-corrected chi connectivity index (χ0v) is 12.3. The Hall–Kier alpha value is -1.79. The normalized spacial score (nSPS) is 20.4. The second-order valence-electron chi connectivity index (χ2n) is 5.81. The van der Waals surface area contributed by atoms with Crippen LogP contribution >= 0.6 is 0 Å². The number of ether oxygens (including phenoxy) is 2. The number of hydrogen-bond donors (Lipinski definition) is 1. The third-order valence-corrected chi connectivity index (χ3v) is 2.85. The average Bonchev–Trinajstić information content (AvgIpc) is 2.74. The number of nitrogens with zero attached hydrogens (tertiary/aromatic N) is 1. The minimum atomic E-state index is -1.01. The number of primary amides is 1. The molecule has 0 saturated carbocycles. The molecular formula is C13H22N2O5. The van der Waals surface area contributed by atoms with Gasteiger partial charge in [-0.1, -0.05) is 0 Å². The fourth-order valence-electron chi connectivity index (χ4n) is 1.86. The molecule has 0 bridgehead atoms. The Bertz CT molecular complexity index is 402. The van der Waals surface area contributed by atoms with Gasteiger partial charge in [-0.3, -0.25) is 9.69 Å². The zero-order valence-electron chi connectivity index (χ0n) is 12.3. The van der Waals surface area contributed by atoms with Crippen molar-refractivity contribution in [2.45, 2.75) is 58.3 Å². The lowest BCUT2D eigenvalue weighted by Crippen LogP contribution is -2.45. The maximum Gasteiger partial charge on any atom is 0.411 e. The molecule has 0 aromatic heterocycles. The second-order valence-corrected chi connectivity index (χ2v) is 5.81. The summed E-state index contributed by atoms with van der Waals surface area (Å²) in [5, 5.41) is 0. The van der Waals surface area contributed by atoms with Gasteiger partial charge in [0.15, 0.2) is 6.10 Å². The van der Waals surface area contributed by atoms with Gasteiger partial charge in [0, 0.05) is 6.54 Å². The quantitative estimate of drug-likeness (QED) is 0.774. The Morgan fingerprint density at radius 1 is 1.30 bits per heavy atom. The summed E-state index contributed by atoms with van der Waals surface area (Å²) in [6.45, 7) is 7.09. The van der Waals surface area contributed by atoms with E-state index in [1.165, 1.54) is 11.8 Å². The van der Waals surface area contributed by atoms with E-state index >= 15 is 0 Å². The van der Waals surface area contributed by atoms with E-state index in [9.17, 15) is 14.4 Å². The van der Waals surface area contributed by atoms with Crippen LogP contribution in [0.2, 0.25) is 0 Å². The van der Waals surface area contributed by atoms with Gasteiger partial charge in [-0.2, -0.15) is 0 Å². The molecule has 0 aromatic rings. The van der Waals surface area contributed by atoms with Gasteiger partial charge in [-0.25, -0.2) is 9.59 Å². The zero-order chi connectivity index (χ0) is 15.5. The summed E-state index contributed by atoms with van der Waals surface area (Å²) in [6.07, 6.45) is -0.389. The van der Waals surface area contributed by atoms with E-state index in [1.54, 1.807) is 20.8 Å². The van der Waals surface area contributed by atoms with Crippen LogP contribution in [0.15, 0.2) is 0 Å². The molecule has 1 rings (SSSR count). The Labute approximate surface area is 118 Å². The SMILES string of the molecule is C[C@@H](OC(=O)[C@@H]1CCCN1C(=O)OC(C)(C)C)C(N)=O. The minimum absolute atomic E-state index is 0.430. The van der Waals surface area contributed by atoms with Crippen LogP contribution in [0, 0.1) is 0 Å². The first kappa shape index (κ1) is 16.3. The summed E-state index contributed by atoms with van der Waals surface area (Å²) in [6, 6.07) is -0.716. The topological polar surface area (TPSA) is 98.9 Å². The molecule has 0 radical (unpaired) electrons. The molecule has 1 saturated heterocycles. The first-order valence-electron chi connectivity index (χ1n) is 6.61. The molecule has 1 fully saturated rings. The van der Waals surface area contributed by atoms with Gasteiger partial charge in [0.2, 0.25) is 0 Å². The molecule has 114 valence electrons. The first-order valence-corrected chi connectivity index (χ1v) is 6.61. The van der Waals surface area contributed by atoms with E-state index in [2.05, 4.69) is 0 Å². The van der Waals surface area contributed by atoms with Gasteiger partial charge in [-0.15, -0.1) is 0 Å². The second kappa shape index (κ2) is 6.11. The lowest BCUT2D eigenvalue weighted by atomic mass is 10.2. The van der Waals surface area contributed by atoms with E-state index < -0.39 is 35.7 Å². The van der Waals surface area contributed by atoms with Crippen molar-refractivity contribution in [2.75, 3.05) is 6.54 Å². The van der Waals surface area contributed by atoms with E-state index in [1.807, 2.05) is 0 Å². The Kier molecular flexibility index (Phi) is 4.97. The van der Waals surface area contributed by atoms with Gasteiger partial charge < -0.3 is 15.2 Å². The number of esters is 1. The highest BCUT2D eigenvalue weighted by Gasteiger charge is 2.38. The molecule has 0 aromatic carbocycles. The van der Waals surface area contributed by atoms with Crippen LogP contribution in [-0.4, -0.2) is 47.2 Å². The van der Waals surface area contributed by atoms with E-state index in [0.717, 1.165) is 0 Å². The summed E-state index contributed by atoms with van der Waals surface area (Å²) in [5.41, 5.74) is 4.41. The predicted octanol–water partition coefficient (Wildman–Crippen LogP) is 0.803. The van der Waals surface area contributed by atoms with Crippen LogP contribution in [-0.2, 0) is 19.1 Å². The lowest BCUT2D eigenvalue weighted by Gasteiger charge is -2.28. The average molecular weight is 286 g/mol. The van der Waals surface area contributed by atoms with Crippen molar-refractivity contribution in [3.8, 4) is 0 Å². The van der Waals surface area contributed by atoms with Crippen LogP contribution in [0.4, 0.5) is 4.79 Å². The minimum Gasteiger partial charge on any atom is -0.451 e. The molecular weight excluding hydrogens is 264 g/mol. The first-order chi connectivity index (χ1) is 9.11. The largest absolute Gasteiger partial charge is 0.451 e. The fraction of sp³-hybridized carbons (Fsp3) is 0.769. The van der Waals surface area contributed by atoms with Crippen molar-refractivity contribution in [1.82, 2.24) is 4.90 Å². The van der Waals surface area contributed by atoms with Gasteiger partial charge >= 0.3 is 12.1 Å². The Balaban J connectivity index is 2.67.